The number of hydrogen-bond donors (Lipinski definition) is 2. The van der Waals surface area contributed by atoms with Crippen molar-refractivity contribution < 1.29 is 41.0 Å². The Labute approximate surface area is 96.3 Å². The molecule has 0 saturated carbocycles. The summed E-state index contributed by atoms with van der Waals surface area (Å²) in [6.45, 7) is -3.88. The molecule has 11 heteroatoms. The maximum absolute atomic E-state index is 12.0. The fourth-order valence-corrected chi connectivity index (χ4v) is 0.946. The molecule has 0 radical (unpaired) electrons. The monoisotopic (exact) mass is 282 g/mol. The Morgan fingerprint density at radius 1 is 1.11 bits per heavy atom. The topological polar surface area (TPSA) is 69.6 Å². The van der Waals surface area contributed by atoms with Crippen LogP contribution in [-0.4, -0.2) is 54.0 Å². The average molecular weight is 282 g/mol. The van der Waals surface area contributed by atoms with Crippen LogP contribution in [0.4, 0.5) is 31.1 Å². The summed E-state index contributed by atoms with van der Waals surface area (Å²) in [7, 11) is 0. The van der Waals surface area contributed by atoms with E-state index >= 15 is 0 Å². The molecule has 0 spiro atoms. The third-order valence-electron chi connectivity index (χ3n) is 1.56. The maximum Gasteiger partial charge on any atom is 0.471 e. The molecule has 0 aromatic heterocycles. The first kappa shape index (κ1) is 16.3. The van der Waals surface area contributed by atoms with Crippen molar-refractivity contribution in [3.05, 3.63) is 0 Å². The van der Waals surface area contributed by atoms with Crippen molar-refractivity contribution in [1.29, 1.82) is 0 Å². The molecule has 18 heavy (non-hydrogen) atoms. The standard InChI is InChI=1S/C7H8F6N2O3/c8-6(9,10)3-15(2-1-14-5(17)18)4(16)7(11,12)13/h14H,1-3H2,(H,17,18). The van der Waals surface area contributed by atoms with E-state index in [4.69, 9.17) is 5.11 Å². The predicted octanol–water partition coefficient (Wildman–Crippen LogP) is 1.21. The van der Waals surface area contributed by atoms with Crippen LogP contribution in [0.1, 0.15) is 0 Å². The van der Waals surface area contributed by atoms with E-state index in [1.165, 1.54) is 0 Å². The fourth-order valence-electron chi connectivity index (χ4n) is 0.946. The van der Waals surface area contributed by atoms with Crippen LogP contribution in [0, 0.1) is 0 Å². The third-order valence-corrected chi connectivity index (χ3v) is 1.56. The molecule has 0 saturated heterocycles. The van der Waals surface area contributed by atoms with Gasteiger partial charge in [0.2, 0.25) is 0 Å². The highest BCUT2D eigenvalue weighted by Gasteiger charge is 2.45. The Morgan fingerprint density at radius 2 is 1.61 bits per heavy atom. The number of carbonyl (C=O) groups excluding carboxylic acids is 1. The molecular weight excluding hydrogens is 274 g/mol. The van der Waals surface area contributed by atoms with Gasteiger partial charge >= 0.3 is 24.4 Å². The molecule has 106 valence electrons. The van der Waals surface area contributed by atoms with Crippen LogP contribution in [-0.2, 0) is 4.79 Å². The molecule has 0 heterocycles. The van der Waals surface area contributed by atoms with Gasteiger partial charge in [-0.25, -0.2) is 4.79 Å². The molecule has 0 fully saturated rings. The molecule has 0 aliphatic carbocycles. The Bertz CT molecular complexity index is 313. The van der Waals surface area contributed by atoms with Gasteiger partial charge in [0.05, 0.1) is 0 Å². The number of nitrogens with one attached hydrogen (secondary N) is 1. The second-order valence-electron chi connectivity index (χ2n) is 3.07. The van der Waals surface area contributed by atoms with Gasteiger partial charge in [0, 0.05) is 13.1 Å². The molecule has 0 aliphatic rings. The van der Waals surface area contributed by atoms with E-state index < -0.39 is 48.9 Å². The largest absolute Gasteiger partial charge is 0.471 e. The van der Waals surface area contributed by atoms with Crippen LogP contribution in [0.15, 0.2) is 0 Å². The van der Waals surface area contributed by atoms with Gasteiger partial charge in [0.1, 0.15) is 6.54 Å². The summed E-state index contributed by atoms with van der Waals surface area (Å²) in [5.74, 6) is -2.67. The lowest BCUT2D eigenvalue weighted by molar-refractivity contribution is -0.198. The Balaban J connectivity index is 4.63. The first-order valence-corrected chi connectivity index (χ1v) is 4.33. The maximum atomic E-state index is 12.0. The fraction of sp³-hybridized carbons (Fsp3) is 0.714. The summed E-state index contributed by atoms with van der Waals surface area (Å²) in [5, 5.41) is 9.65. The number of carboxylic acid groups (broad SMARTS) is 1. The summed E-state index contributed by atoms with van der Waals surface area (Å²) in [6.07, 6.45) is -12.1. The minimum Gasteiger partial charge on any atom is -0.465 e. The lowest BCUT2D eigenvalue weighted by Crippen LogP contribution is -2.48. The van der Waals surface area contributed by atoms with E-state index in [9.17, 15) is 35.9 Å². The van der Waals surface area contributed by atoms with Gasteiger partial charge in [-0.1, -0.05) is 0 Å². The van der Waals surface area contributed by atoms with Gasteiger partial charge in [-0.05, 0) is 0 Å². The minimum atomic E-state index is -5.45. The smallest absolute Gasteiger partial charge is 0.465 e. The number of carbonyl (C=O) groups is 2. The van der Waals surface area contributed by atoms with E-state index in [2.05, 4.69) is 0 Å². The van der Waals surface area contributed by atoms with Gasteiger partial charge < -0.3 is 15.3 Å². The zero-order chi connectivity index (χ0) is 14.6. The molecule has 0 aromatic rings. The number of amides is 2. The number of hydrogen-bond acceptors (Lipinski definition) is 2. The Hall–Kier alpha value is -1.68. The normalized spacial score (nSPS) is 12.1. The van der Waals surface area contributed by atoms with Crippen molar-refractivity contribution in [2.45, 2.75) is 12.4 Å². The van der Waals surface area contributed by atoms with Gasteiger partial charge in [-0.15, -0.1) is 0 Å². The molecule has 0 aliphatic heterocycles. The van der Waals surface area contributed by atoms with Crippen LogP contribution in [0.2, 0.25) is 0 Å². The summed E-state index contributed by atoms with van der Waals surface area (Å²) in [5.41, 5.74) is 0. The van der Waals surface area contributed by atoms with E-state index in [1.54, 1.807) is 5.32 Å². The van der Waals surface area contributed by atoms with Crippen molar-refractivity contribution in [2.24, 2.45) is 0 Å². The highest BCUT2D eigenvalue weighted by molar-refractivity contribution is 5.82. The molecule has 2 N–H and O–H groups in total. The Morgan fingerprint density at radius 3 is 1.94 bits per heavy atom. The highest BCUT2D eigenvalue weighted by atomic mass is 19.4. The molecule has 0 aromatic carbocycles. The van der Waals surface area contributed by atoms with Crippen LogP contribution in [0.5, 0.6) is 0 Å². The van der Waals surface area contributed by atoms with Crippen molar-refractivity contribution in [3.63, 3.8) is 0 Å². The van der Waals surface area contributed by atoms with Crippen LogP contribution in [0.25, 0.3) is 0 Å². The molecule has 0 rings (SSSR count). The SMILES string of the molecule is O=C(O)NCCN(CC(F)(F)F)C(=O)C(F)(F)F. The van der Waals surface area contributed by atoms with Gasteiger partial charge in [0.15, 0.2) is 0 Å². The first-order chi connectivity index (χ1) is 7.93. The molecule has 2 amide bonds. The number of rotatable bonds is 4. The van der Waals surface area contributed by atoms with Gasteiger partial charge in [0.25, 0.3) is 0 Å². The first-order valence-electron chi connectivity index (χ1n) is 4.33. The van der Waals surface area contributed by atoms with Gasteiger partial charge in [-0.3, -0.25) is 4.79 Å². The molecule has 0 atom stereocenters. The molecule has 5 nitrogen and oxygen atoms in total. The van der Waals surface area contributed by atoms with Crippen LogP contribution >= 0.6 is 0 Å². The lowest BCUT2D eigenvalue weighted by Gasteiger charge is -2.24. The van der Waals surface area contributed by atoms with E-state index in [0.717, 1.165) is 0 Å². The van der Waals surface area contributed by atoms with Crippen molar-refractivity contribution in [2.75, 3.05) is 19.6 Å². The van der Waals surface area contributed by atoms with Crippen molar-refractivity contribution in [1.82, 2.24) is 10.2 Å². The van der Waals surface area contributed by atoms with Crippen molar-refractivity contribution in [3.8, 4) is 0 Å². The second-order valence-corrected chi connectivity index (χ2v) is 3.07. The quantitative estimate of drug-likeness (QED) is 0.761. The average Bonchev–Trinajstić information content (AvgIpc) is 2.11. The summed E-state index contributed by atoms with van der Waals surface area (Å²) >= 11 is 0. The number of nitrogens with zero attached hydrogens (tertiary/aromatic N) is 1. The van der Waals surface area contributed by atoms with Crippen molar-refractivity contribution >= 4 is 12.0 Å². The van der Waals surface area contributed by atoms with E-state index in [0.29, 0.717) is 0 Å². The number of halogens is 6. The molecule has 0 unspecified atom stereocenters. The van der Waals surface area contributed by atoms with Gasteiger partial charge in [-0.2, -0.15) is 26.3 Å². The highest BCUT2D eigenvalue weighted by Crippen LogP contribution is 2.22. The lowest BCUT2D eigenvalue weighted by atomic mass is 10.4. The molecule has 0 bridgehead atoms. The van der Waals surface area contributed by atoms with E-state index in [1.807, 2.05) is 0 Å². The zero-order valence-corrected chi connectivity index (χ0v) is 8.60. The summed E-state index contributed by atoms with van der Waals surface area (Å²) in [4.78, 5) is 20.1. The van der Waals surface area contributed by atoms with Crippen LogP contribution < -0.4 is 5.32 Å². The minimum absolute atomic E-state index is 0.518. The van der Waals surface area contributed by atoms with Crippen LogP contribution in [0.3, 0.4) is 0 Å². The molecular formula is C7H8F6N2O3. The third kappa shape index (κ3) is 6.81. The Kier molecular flexibility index (Phi) is 5.24. The summed E-state index contributed by atoms with van der Waals surface area (Å²) in [6, 6.07) is 0. The van der Waals surface area contributed by atoms with E-state index in [-0.39, 0.29) is 0 Å². The number of alkyl halides is 6. The summed E-state index contributed by atoms with van der Waals surface area (Å²) < 4.78 is 71.7. The predicted molar refractivity (Wildman–Crippen MR) is 44.7 cm³/mol. The second kappa shape index (κ2) is 5.78. The zero-order valence-electron chi connectivity index (χ0n) is 8.60.